The lowest BCUT2D eigenvalue weighted by Gasteiger charge is -2.02. The molecular formula is C15H20N2OS. The van der Waals surface area contributed by atoms with Crippen LogP contribution in [0.5, 0.6) is 5.75 Å². The standard InChI is InChI=1S/C15H20N2OS/c1-3-13-14(10-16-4-2)19-15(17-13)11-18-12-8-6-5-7-9-12/h5-9,16H,3-4,10-11H2,1-2H3. The number of benzene rings is 1. The van der Waals surface area contributed by atoms with Crippen molar-refractivity contribution >= 4 is 11.3 Å². The Bertz CT molecular complexity index is 496. The van der Waals surface area contributed by atoms with Crippen molar-refractivity contribution in [1.82, 2.24) is 10.3 Å². The maximum Gasteiger partial charge on any atom is 0.140 e. The number of nitrogens with one attached hydrogen (secondary N) is 1. The lowest BCUT2D eigenvalue weighted by atomic mass is 10.3. The second kappa shape index (κ2) is 7.26. The maximum atomic E-state index is 5.74. The summed E-state index contributed by atoms with van der Waals surface area (Å²) < 4.78 is 5.74. The van der Waals surface area contributed by atoms with E-state index in [2.05, 4.69) is 24.1 Å². The Labute approximate surface area is 118 Å². The molecule has 0 saturated carbocycles. The van der Waals surface area contributed by atoms with Crippen LogP contribution in [0.1, 0.15) is 29.4 Å². The van der Waals surface area contributed by atoms with Crippen LogP contribution in [-0.4, -0.2) is 11.5 Å². The summed E-state index contributed by atoms with van der Waals surface area (Å²) in [5, 5.41) is 4.41. The molecule has 1 aromatic carbocycles. The van der Waals surface area contributed by atoms with Crippen LogP contribution in [0.15, 0.2) is 30.3 Å². The summed E-state index contributed by atoms with van der Waals surface area (Å²) in [7, 11) is 0. The Balaban J connectivity index is 1.98. The average Bonchev–Trinajstić information content (AvgIpc) is 2.86. The minimum absolute atomic E-state index is 0.549. The summed E-state index contributed by atoms with van der Waals surface area (Å²) in [5.41, 5.74) is 1.19. The highest BCUT2D eigenvalue weighted by Gasteiger charge is 2.09. The second-order valence-electron chi connectivity index (χ2n) is 4.21. The van der Waals surface area contributed by atoms with Gasteiger partial charge in [0.2, 0.25) is 0 Å². The van der Waals surface area contributed by atoms with Crippen molar-refractivity contribution in [1.29, 1.82) is 0 Å². The maximum absolute atomic E-state index is 5.74. The third-order valence-electron chi connectivity index (χ3n) is 2.80. The smallest absolute Gasteiger partial charge is 0.140 e. The summed E-state index contributed by atoms with van der Waals surface area (Å²) in [6.45, 7) is 6.70. The van der Waals surface area contributed by atoms with Crippen molar-refractivity contribution in [3.8, 4) is 5.75 Å². The summed E-state index contributed by atoms with van der Waals surface area (Å²) in [4.78, 5) is 5.98. The van der Waals surface area contributed by atoms with E-state index in [-0.39, 0.29) is 0 Å². The number of hydrogen-bond acceptors (Lipinski definition) is 4. The van der Waals surface area contributed by atoms with Gasteiger partial charge in [0.1, 0.15) is 17.4 Å². The van der Waals surface area contributed by atoms with E-state index in [1.807, 2.05) is 30.3 Å². The van der Waals surface area contributed by atoms with Crippen molar-refractivity contribution in [3.05, 3.63) is 45.9 Å². The number of para-hydroxylation sites is 1. The number of hydrogen-bond donors (Lipinski definition) is 1. The molecule has 1 N–H and O–H groups in total. The zero-order valence-electron chi connectivity index (χ0n) is 11.5. The van der Waals surface area contributed by atoms with Gasteiger partial charge in [-0.3, -0.25) is 0 Å². The molecule has 0 amide bonds. The summed E-state index contributed by atoms with van der Waals surface area (Å²) >= 11 is 1.74. The second-order valence-corrected chi connectivity index (χ2v) is 5.38. The molecule has 1 heterocycles. The summed E-state index contributed by atoms with van der Waals surface area (Å²) in [5.74, 6) is 0.893. The van der Waals surface area contributed by atoms with Gasteiger partial charge in [0, 0.05) is 11.4 Å². The first kappa shape index (κ1) is 14.0. The van der Waals surface area contributed by atoms with Crippen LogP contribution in [0.4, 0.5) is 0 Å². The summed E-state index contributed by atoms with van der Waals surface area (Å²) in [6, 6.07) is 9.87. The van der Waals surface area contributed by atoms with Gasteiger partial charge in [-0.1, -0.05) is 32.0 Å². The topological polar surface area (TPSA) is 34.1 Å². The van der Waals surface area contributed by atoms with Crippen molar-refractivity contribution in [2.45, 2.75) is 33.4 Å². The van der Waals surface area contributed by atoms with Crippen molar-refractivity contribution in [2.24, 2.45) is 0 Å². The van der Waals surface area contributed by atoms with Crippen molar-refractivity contribution < 1.29 is 4.74 Å². The Hall–Kier alpha value is -1.39. The Morgan fingerprint density at radius 3 is 2.68 bits per heavy atom. The van der Waals surface area contributed by atoms with Crippen LogP contribution >= 0.6 is 11.3 Å². The van der Waals surface area contributed by atoms with Gasteiger partial charge >= 0.3 is 0 Å². The quantitative estimate of drug-likeness (QED) is 0.841. The highest BCUT2D eigenvalue weighted by Crippen LogP contribution is 2.21. The van der Waals surface area contributed by atoms with Gasteiger partial charge in [0.15, 0.2) is 0 Å². The third kappa shape index (κ3) is 4.04. The molecule has 0 fully saturated rings. The van der Waals surface area contributed by atoms with Crippen LogP contribution in [0.25, 0.3) is 0 Å². The van der Waals surface area contributed by atoms with Gasteiger partial charge in [0.25, 0.3) is 0 Å². The SMILES string of the molecule is CCNCc1sc(COc2ccccc2)nc1CC. The van der Waals surface area contributed by atoms with E-state index in [0.29, 0.717) is 6.61 Å². The lowest BCUT2D eigenvalue weighted by molar-refractivity contribution is 0.305. The molecule has 0 aliphatic heterocycles. The molecule has 0 atom stereocenters. The molecule has 2 aromatic rings. The van der Waals surface area contributed by atoms with Gasteiger partial charge in [-0.15, -0.1) is 11.3 Å². The zero-order chi connectivity index (χ0) is 13.5. The van der Waals surface area contributed by atoms with Gasteiger partial charge in [-0.2, -0.15) is 0 Å². The molecule has 0 unspecified atom stereocenters. The Kier molecular flexibility index (Phi) is 5.36. The van der Waals surface area contributed by atoms with E-state index in [4.69, 9.17) is 4.74 Å². The molecule has 0 radical (unpaired) electrons. The summed E-state index contributed by atoms with van der Waals surface area (Å²) in [6.07, 6.45) is 0.975. The van der Waals surface area contributed by atoms with Gasteiger partial charge in [-0.05, 0) is 25.1 Å². The number of aryl methyl sites for hydroxylation is 1. The molecule has 102 valence electrons. The third-order valence-corrected chi connectivity index (χ3v) is 3.87. The zero-order valence-corrected chi connectivity index (χ0v) is 12.3. The van der Waals surface area contributed by atoms with Crippen molar-refractivity contribution in [3.63, 3.8) is 0 Å². The fraction of sp³-hybridized carbons (Fsp3) is 0.400. The van der Waals surface area contributed by atoms with Crippen LogP contribution in [0.3, 0.4) is 0 Å². The van der Waals surface area contributed by atoms with E-state index in [1.165, 1.54) is 10.6 Å². The van der Waals surface area contributed by atoms with Crippen molar-refractivity contribution in [2.75, 3.05) is 6.54 Å². The number of rotatable bonds is 7. The molecule has 0 aliphatic rings. The number of thiazole rings is 1. The first-order valence-corrected chi connectivity index (χ1v) is 7.51. The molecule has 19 heavy (non-hydrogen) atoms. The molecular weight excluding hydrogens is 256 g/mol. The van der Waals surface area contributed by atoms with Gasteiger partial charge < -0.3 is 10.1 Å². The van der Waals surface area contributed by atoms with E-state index in [9.17, 15) is 0 Å². The fourth-order valence-corrected chi connectivity index (χ4v) is 2.85. The van der Waals surface area contributed by atoms with E-state index < -0.39 is 0 Å². The number of aromatic nitrogens is 1. The highest BCUT2D eigenvalue weighted by atomic mass is 32.1. The largest absolute Gasteiger partial charge is 0.486 e. The number of ether oxygens (including phenoxy) is 1. The molecule has 0 saturated heterocycles. The van der Waals surface area contributed by atoms with Crippen LogP contribution in [0.2, 0.25) is 0 Å². The fourth-order valence-electron chi connectivity index (χ4n) is 1.81. The molecule has 0 aliphatic carbocycles. The molecule has 0 bridgehead atoms. The minimum Gasteiger partial charge on any atom is -0.486 e. The van der Waals surface area contributed by atoms with Crippen LogP contribution in [0, 0.1) is 0 Å². The highest BCUT2D eigenvalue weighted by molar-refractivity contribution is 7.11. The lowest BCUT2D eigenvalue weighted by Crippen LogP contribution is -2.11. The van der Waals surface area contributed by atoms with Gasteiger partial charge in [0.05, 0.1) is 5.69 Å². The predicted octanol–water partition coefficient (Wildman–Crippen LogP) is 3.39. The van der Waals surface area contributed by atoms with E-state index in [1.54, 1.807) is 11.3 Å². The van der Waals surface area contributed by atoms with E-state index in [0.717, 1.165) is 30.3 Å². The predicted molar refractivity (Wildman–Crippen MR) is 79.6 cm³/mol. The Morgan fingerprint density at radius 2 is 2.00 bits per heavy atom. The molecule has 2 rings (SSSR count). The molecule has 3 nitrogen and oxygen atoms in total. The monoisotopic (exact) mass is 276 g/mol. The molecule has 0 spiro atoms. The number of nitrogens with zero attached hydrogens (tertiary/aromatic N) is 1. The van der Waals surface area contributed by atoms with E-state index >= 15 is 0 Å². The normalized spacial score (nSPS) is 10.6. The van der Waals surface area contributed by atoms with Gasteiger partial charge in [-0.25, -0.2) is 4.98 Å². The first-order valence-electron chi connectivity index (χ1n) is 6.69. The average molecular weight is 276 g/mol. The Morgan fingerprint density at radius 1 is 1.21 bits per heavy atom. The minimum atomic E-state index is 0.549. The molecule has 4 heteroatoms. The van der Waals surface area contributed by atoms with Crippen LogP contribution < -0.4 is 10.1 Å². The molecule has 1 aromatic heterocycles. The first-order chi connectivity index (χ1) is 9.33. The van der Waals surface area contributed by atoms with Crippen LogP contribution in [-0.2, 0) is 19.6 Å².